The standard InChI is InChI=1S/C15H12ClN3O/c1-9-15(19-13-8-3-2-7-12(13)18-9)20-14-10(16)5-4-6-11(14)17/h2-8H,17H2,1H3. The van der Waals surface area contributed by atoms with Crippen molar-refractivity contribution < 1.29 is 4.74 Å². The summed E-state index contributed by atoms with van der Waals surface area (Å²) in [5, 5.41) is 0.444. The minimum Gasteiger partial charge on any atom is -0.433 e. The topological polar surface area (TPSA) is 61.0 Å². The second kappa shape index (κ2) is 4.98. The number of benzene rings is 2. The Hall–Kier alpha value is -2.33. The summed E-state index contributed by atoms with van der Waals surface area (Å²) < 4.78 is 5.75. The second-order valence-electron chi connectivity index (χ2n) is 4.36. The van der Waals surface area contributed by atoms with Crippen molar-refractivity contribution in [1.82, 2.24) is 9.97 Å². The highest BCUT2D eigenvalue weighted by Crippen LogP contribution is 2.35. The molecule has 0 spiro atoms. The predicted octanol–water partition coefficient (Wildman–Crippen LogP) is 3.97. The largest absolute Gasteiger partial charge is 0.433 e. The molecule has 4 nitrogen and oxygen atoms in total. The Balaban J connectivity index is 2.09. The van der Waals surface area contributed by atoms with E-state index in [-0.39, 0.29) is 0 Å². The molecule has 3 rings (SSSR count). The van der Waals surface area contributed by atoms with E-state index in [1.54, 1.807) is 18.2 Å². The first-order valence-electron chi connectivity index (χ1n) is 6.10. The van der Waals surface area contributed by atoms with E-state index in [0.717, 1.165) is 11.0 Å². The maximum absolute atomic E-state index is 6.10. The lowest BCUT2D eigenvalue weighted by molar-refractivity contribution is 0.460. The molecular weight excluding hydrogens is 274 g/mol. The molecule has 0 saturated heterocycles. The zero-order valence-electron chi connectivity index (χ0n) is 10.8. The van der Waals surface area contributed by atoms with E-state index < -0.39 is 0 Å². The summed E-state index contributed by atoms with van der Waals surface area (Å²) in [4.78, 5) is 8.91. The van der Waals surface area contributed by atoms with Crippen LogP contribution in [0.3, 0.4) is 0 Å². The highest BCUT2D eigenvalue weighted by Gasteiger charge is 2.12. The van der Waals surface area contributed by atoms with E-state index in [9.17, 15) is 0 Å². The minimum absolute atomic E-state index is 0.404. The fourth-order valence-corrected chi connectivity index (χ4v) is 2.12. The van der Waals surface area contributed by atoms with Gasteiger partial charge >= 0.3 is 0 Å². The lowest BCUT2D eigenvalue weighted by atomic mass is 10.3. The Kier molecular flexibility index (Phi) is 3.16. The lowest BCUT2D eigenvalue weighted by Gasteiger charge is -2.11. The molecule has 0 unspecified atom stereocenters. The summed E-state index contributed by atoms with van der Waals surface area (Å²) in [6.07, 6.45) is 0. The number of fused-ring (bicyclic) bond motifs is 1. The normalized spacial score (nSPS) is 10.7. The maximum atomic E-state index is 6.10. The quantitative estimate of drug-likeness (QED) is 0.724. The molecule has 0 radical (unpaired) electrons. The molecule has 0 aliphatic heterocycles. The molecule has 0 saturated carbocycles. The fourth-order valence-electron chi connectivity index (χ4n) is 1.90. The fraction of sp³-hybridized carbons (Fsp3) is 0.0667. The van der Waals surface area contributed by atoms with Gasteiger partial charge in [0.15, 0.2) is 5.75 Å². The van der Waals surface area contributed by atoms with Gasteiger partial charge in [0.2, 0.25) is 5.88 Å². The third-order valence-electron chi connectivity index (χ3n) is 2.90. The minimum atomic E-state index is 0.404. The van der Waals surface area contributed by atoms with Gasteiger partial charge in [-0.2, -0.15) is 0 Å². The van der Waals surface area contributed by atoms with Crippen LogP contribution >= 0.6 is 11.6 Å². The van der Waals surface area contributed by atoms with Crippen LogP contribution in [0.25, 0.3) is 11.0 Å². The van der Waals surface area contributed by atoms with Crippen LogP contribution in [0.4, 0.5) is 5.69 Å². The number of aryl methyl sites for hydroxylation is 1. The van der Waals surface area contributed by atoms with Crippen LogP contribution < -0.4 is 10.5 Å². The maximum Gasteiger partial charge on any atom is 0.241 e. The molecule has 100 valence electrons. The lowest BCUT2D eigenvalue weighted by Crippen LogP contribution is -1.98. The van der Waals surface area contributed by atoms with Gasteiger partial charge in [0, 0.05) is 0 Å². The van der Waals surface area contributed by atoms with E-state index in [0.29, 0.717) is 28.0 Å². The zero-order valence-corrected chi connectivity index (χ0v) is 11.6. The van der Waals surface area contributed by atoms with Gasteiger partial charge in [-0.3, -0.25) is 0 Å². The summed E-state index contributed by atoms with van der Waals surface area (Å²) in [5.74, 6) is 0.811. The number of rotatable bonds is 2. The number of anilines is 1. The van der Waals surface area contributed by atoms with Gasteiger partial charge in [-0.05, 0) is 31.2 Å². The van der Waals surface area contributed by atoms with Crippen molar-refractivity contribution >= 4 is 28.3 Å². The Morgan fingerprint density at radius 2 is 1.70 bits per heavy atom. The van der Waals surface area contributed by atoms with E-state index in [4.69, 9.17) is 22.1 Å². The summed E-state index contributed by atoms with van der Waals surface area (Å²) in [7, 11) is 0. The molecule has 3 aromatic rings. The number of ether oxygens (including phenoxy) is 1. The summed E-state index contributed by atoms with van der Waals surface area (Å²) >= 11 is 6.10. The first-order valence-corrected chi connectivity index (χ1v) is 6.48. The zero-order chi connectivity index (χ0) is 14.1. The average Bonchev–Trinajstić information content (AvgIpc) is 2.43. The van der Waals surface area contributed by atoms with Crippen LogP contribution in [0.2, 0.25) is 5.02 Å². The third-order valence-corrected chi connectivity index (χ3v) is 3.20. The van der Waals surface area contributed by atoms with E-state index in [1.165, 1.54) is 0 Å². The predicted molar refractivity (Wildman–Crippen MR) is 80.2 cm³/mol. The van der Waals surface area contributed by atoms with Gasteiger partial charge in [0.1, 0.15) is 5.69 Å². The molecule has 2 aromatic carbocycles. The van der Waals surface area contributed by atoms with Crippen molar-refractivity contribution in [2.45, 2.75) is 6.92 Å². The molecule has 1 aromatic heterocycles. The number of nitrogens with two attached hydrogens (primary N) is 1. The highest BCUT2D eigenvalue weighted by atomic mass is 35.5. The Bertz CT molecular complexity index is 769. The van der Waals surface area contributed by atoms with Crippen LogP contribution in [0.15, 0.2) is 42.5 Å². The molecule has 0 fully saturated rings. The molecule has 0 aliphatic rings. The average molecular weight is 286 g/mol. The SMILES string of the molecule is Cc1nc2ccccc2nc1Oc1c(N)cccc1Cl. The van der Waals surface area contributed by atoms with Crippen LogP contribution in [0.5, 0.6) is 11.6 Å². The Morgan fingerprint density at radius 3 is 2.40 bits per heavy atom. The van der Waals surface area contributed by atoms with Crippen molar-refractivity contribution in [2.24, 2.45) is 0 Å². The van der Waals surface area contributed by atoms with Gasteiger partial charge in [-0.25, -0.2) is 9.97 Å². The number of hydrogen-bond donors (Lipinski definition) is 1. The van der Waals surface area contributed by atoms with Gasteiger partial charge in [-0.1, -0.05) is 29.8 Å². The van der Waals surface area contributed by atoms with Crippen LogP contribution in [0.1, 0.15) is 5.69 Å². The van der Waals surface area contributed by atoms with E-state index in [2.05, 4.69) is 9.97 Å². The number of halogens is 1. The summed E-state index contributed by atoms with van der Waals surface area (Å²) in [5.41, 5.74) is 8.61. The van der Waals surface area contributed by atoms with Crippen molar-refractivity contribution in [1.29, 1.82) is 0 Å². The van der Waals surface area contributed by atoms with Crippen LogP contribution in [-0.2, 0) is 0 Å². The second-order valence-corrected chi connectivity index (χ2v) is 4.77. The van der Waals surface area contributed by atoms with Crippen molar-refractivity contribution in [3.8, 4) is 11.6 Å². The monoisotopic (exact) mass is 285 g/mol. The molecule has 2 N–H and O–H groups in total. The summed E-state index contributed by atoms with van der Waals surface area (Å²) in [6.45, 7) is 1.84. The first-order chi connectivity index (χ1) is 9.65. The Labute approximate surface area is 121 Å². The molecule has 1 heterocycles. The van der Waals surface area contributed by atoms with Gasteiger partial charge < -0.3 is 10.5 Å². The van der Waals surface area contributed by atoms with Crippen molar-refractivity contribution in [3.63, 3.8) is 0 Å². The van der Waals surface area contributed by atoms with Gasteiger partial charge in [-0.15, -0.1) is 0 Å². The molecule has 0 aliphatic carbocycles. The molecule has 20 heavy (non-hydrogen) atoms. The van der Waals surface area contributed by atoms with Crippen LogP contribution in [0, 0.1) is 6.92 Å². The molecule has 0 amide bonds. The van der Waals surface area contributed by atoms with Gasteiger partial charge in [0.25, 0.3) is 0 Å². The molecule has 0 atom stereocenters. The van der Waals surface area contributed by atoms with Gasteiger partial charge in [0.05, 0.1) is 21.7 Å². The molecular formula is C15H12ClN3O. The number of aromatic nitrogens is 2. The van der Waals surface area contributed by atoms with Crippen LogP contribution in [-0.4, -0.2) is 9.97 Å². The Morgan fingerprint density at radius 1 is 1.00 bits per heavy atom. The molecule has 0 bridgehead atoms. The highest BCUT2D eigenvalue weighted by molar-refractivity contribution is 6.32. The van der Waals surface area contributed by atoms with Crippen molar-refractivity contribution in [3.05, 3.63) is 53.2 Å². The number of para-hydroxylation sites is 3. The van der Waals surface area contributed by atoms with Crippen molar-refractivity contribution in [2.75, 3.05) is 5.73 Å². The van der Waals surface area contributed by atoms with E-state index in [1.807, 2.05) is 31.2 Å². The first kappa shape index (κ1) is 12.7. The van der Waals surface area contributed by atoms with E-state index >= 15 is 0 Å². The summed E-state index contributed by atoms with van der Waals surface area (Å²) in [6, 6.07) is 12.8. The third kappa shape index (κ3) is 2.26. The smallest absolute Gasteiger partial charge is 0.241 e. The number of nitrogens with zero attached hydrogens (tertiary/aromatic N) is 2. The molecule has 5 heteroatoms. The number of nitrogen functional groups attached to an aromatic ring is 1. The number of hydrogen-bond acceptors (Lipinski definition) is 4.